The molecule has 0 radical (unpaired) electrons. The van der Waals surface area contributed by atoms with E-state index < -0.39 is 22.1 Å². The molecule has 1 rings (SSSR count). The Morgan fingerprint density at radius 3 is 2.68 bits per heavy atom. The van der Waals surface area contributed by atoms with Crippen LogP contribution in [0.5, 0.6) is 5.75 Å². The van der Waals surface area contributed by atoms with Crippen LogP contribution in [-0.2, 0) is 0 Å². The molecule has 19 heavy (non-hydrogen) atoms. The molecule has 0 unspecified atom stereocenters. The molecule has 0 spiro atoms. The highest BCUT2D eigenvalue weighted by atomic mass is 16.6. The van der Waals surface area contributed by atoms with Crippen LogP contribution in [0.1, 0.15) is 37.0 Å². The standard InChI is InChI=1S/C13H17NO5/c1-9(2)5-4-8-19-11-7-3-6-10(14(17)18)12(11)13(15)16/h3,6-7,9H,4-5,8H2,1-2H3,(H,15,16). The van der Waals surface area contributed by atoms with Gasteiger partial charge in [-0.1, -0.05) is 19.9 Å². The van der Waals surface area contributed by atoms with Crippen LogP contribution in [0.3, 0.4) is 0 Å². The maximum absolute atomic E-state index is 11.1. The normalized spacial score (nSPS) is 10.5. The summed E-state index contributed by atoms with van der Waals surface area (Å²) in [4.78, 5) is 21.2. The maximum atomic E-state index is 11.1. The van der Waals surface area contributed by atoms with Gasteiger partial charge in [0, 0.05) is 6.07 Å². The van der Waals surface area contributed by atoms with E-state index in [4.69, 9.17) is 9.84 Å². The van der Waals surface area contributed by atoms with E-state index in [2.05, 4.69) is 13.8 Å². The molecule has 0 saturated heterocycles. The summed E-state index contributed by atoms with van der Waals surface area (Å²) in [6, 6.07) is 4.01. The van der Waals surface area contributed by atoms with E-state index in [-0.39, 0.29) is 5.75 Å². The van der Waals surface area contributed by atoms with Crippen LogP contribution in [0.4, 0.5) is 5.69 Å². The van der Waals surface area contributed by atoms with Crippen LogP contribution >= 0.6 is 0 Å². The molecule has 0 atom stereocenters. The number of hydrogen-bond acceptors (Lipinski definition) is 4. The highest BCUT2D eigenvalue weighted by molar-refractivity contribution is 5.95. The molecule has 6 nitrogen and oxygen atoms in total. The van der Waals surface area contributed by atoms with Gasteiger partial charge in [-0.3, -0.25) is 10.1 Å². The molecule has 0 aliphatic carbocycles. The Kier molecular flexibility index (Phi) is 5.29. The van der Waals surface area contributed by atoms with Crippen molar-refractivity contribution in [2.45, 2.75) is 26.7 Å². The van der Waals surface area contributed by atoms with Crippen LogP contribution in [0.15, 0.2) is 18.2 Å². The van der Waals surface area contributed by atoms with Gasteiger partial charge in [-0.05, 0) is 24.8 Å². The summed E-state index contributed by atoms with van der Waals surface area (Å²) in [6.45, 7) is 4.51. The quantitative estimate of drug-likeness (QED) is 0.465. The van der Waals surface area contributed by atoms with Crippen molar-refractivity contribution >= 4 is 11.7 Å². The second-order valence-electron chi connectivity index (χ2n) is 4.60. The van der Waals surface area contributed by atoms with Crippen molar-refractivity contribution in [3.63, 3.8) is 0 Å². The zero-order valence-electron chi connectivity index (χ0n) is 11.0. The van der Waals surface area contributed by atoms with Gasteiger partial charge in [0.1, 0.15) is 5.75 Å². The van der Waals surface area contributed by atoms with Gasteiger partial charge in [-0.25, -0.2) is 4.79 Å². The molecule has 104 valence electrons. The van der Waals surface area contributed by atoms with Gasteiger partial charge < -0.3 is 9.84 Å². The Bertz CT molecular complexity index is 470. The fourth-order valence-electron chi connectivity index (χ4n) is 1.68. The molecular weight excluding hydrogens is 250 g/mol. The number of carboxylic acid groups (broad SMARTS) is 1. The monoisotopic (exact) mass is 267 g/mol. The number of aromatic carboxylic acids is 1. The van der Waals surface area contributed by atoms with E-state index in [1.165, 1.54) is 12.1 Å². The van der Waals surface area contributed by atoms with E-state index in [0.717, 1.165) is 18.9 Å². The average molecular weight is 267 g/mol. The summed E-state index contributed by atoms with van der Waals surface area (Å²) in [6.07, 6.45) is 1.73. The molecule has 0 saturated carbocycles. The number of carbonyl (C=O) groups is 1. The van der Waals surface area contributed by atoms with E-state index >= 15 is 0 Å². The minimum Gasteiger partial charge on any atom is -0.492 e. The predicted molar refractivity (Wildman–Crippen MR) is 69.6 cm³/mol. The van der Waals surface area contributed by atoms with Gasteiger partial charge in [0.25, 0.3) is 5.69 Å². The van der Waals surface area contributed by atoms with Crippen LogP contribution in [0, 0.1) is 16.0 Å². The third kappa shape index (κ3) is 4.24. The number of benzene rings is 1. The summed E-state index contributed by atoms with van der Waals surface area (Å²) in [7, 11) is 0. The van der Waals surface area contributed by atoms with E-state index in [1.807, 2.05) is 0 Å². The highest BCUT2D eigenvalue weighted by Crippen LogP contribution is 2.28. The number of rotatable bonds is 7. The summed E-state index contributed by atoms with van der Waals surface area (Å²) >= 11 is 0. The van der Waals surface area contributed by atoms with Crippen LogP contribution in [0.2, 0.25) is 0 Å². The molecule has 0 heterocycles. The van der Waals surface area contributed by atoms with Crippen molar-refractivity contribution in [3.05, 3.63) is 33.9 Å². The van der Waals surface area contributed by atoms with Gasteiger partial charge in [0.05, 0.1) is 11.5 Å². The van der Waals surface area contributed by atoms with Gasteiger partial charge >= 0.3 is 5.97 Å². The summed E-state index contributed by atoms with van der Waals surface area (Å²) in [5, 5.41) is 19.8. The number of carboxylic acids is 1. The van der Waals surface area contributed by atoms with Gasteiger partial charge in [0.15, 0.2) is 5.56 Å². The van der Waals surface area contributed by atoms with Gasteiger partial charge in [-0.15, -0.1) is 0 Å². The zero-order valence-corrected chi connectivity index (χ0v) is 11.0. The molecule has 0 bridgehead atoms. The third-order valence-corrected chi connectivity index (χ3v) is 2.60. The largest absolute Gasteiger partial charge is 0.492 e. The van der Waals surface area contributed by atoms with Crippen molar-refractivity contribution in [1.82, 2.24) is 0 Å². The second-order valence-corrected chi connectivity index (χ2v) is 4.60. The third-order valence-electron chi connectivity index (χ3n) is 2.60. The van der Waals surface area contributed by atoms with Crippen LogP contribution < -0.4 is 4.74 Å². The minimum atomic E-state index is -1.36. The second kappa shape index (κ2) is 6.72. The fourth-order valence-corrected chi connectivity index (χ4v) is 1.68. The number of nitro benzene ring substituents is 1. The first kappa shape index (κ1) is 14.9. The van der Waals surface area contributed by atoms with Crippen LogP contribution in [0.25, 0.3) is 0 Å². The smallest absolute Gasteiger partial charge is 0.346 e. The molecule has 0 aromatic heterocycles. The van der Waals surface area contributed by atoms with Crippen molar-refractivity contribution in [3.8, 4) is 5.75 Å². The highest BCUT2D eigenvalue weighted by Gasteiger charge is 2.24. The molecular formula is C13H17NO5. The van der Waals surface area contributed by atoms with Crippen LogP contribution in [-0.4, -0.2) is 22.6 Å². The first-order valence-corrected chi connectivity index (χ1v) is 6.07. The first-order valence-electron chi connectivity index (χ1n) is 6.07. The molecule has 6 heteroatoms. The Labute approximate surface area is 111 Å². The number of ether oxygens (including phenoxy) is 1. The molecule has 0 amide bonds. The lowest BCUT2D eigenvalue weighted by atomic mass is 10.1. The Hall–Kier alpha value is -2.11. The average Bonchev–Trinajstić information content (AvgIpc) is 2.33. The van der Waals surface area contributed by atoms with Crippen molar-refractivity contribution < 1.29 is 19.6 Å². The van der Waals surface area contributed by atoms with E-state index in [9.17, 15) is 14.9 Å². The number of hydrogen-bond donors (Lipinski definition) is 1. The Morgan fingerprint density at radius 2 is 2.16 bits per heavy atom. The molecule has 0 fully saturated rings. The maximum Gasteiger partial charge on any atom is 0.346 e. The molecule has 1 aromatic carbocycles. The van der Waals surface area contributed by atoms with Crippen molar-refractivity contribution in [2.75, 3.05) is 6.61 Å². The Balaban J connectivity index is 2.85. The lowest BCUT2D eigenvalue weighted by Crippen LogP contribution is -2.08. The summed E-state index contributed by atoms with van der Waals surface area (Å²) in [5.41, 5.74) is -0.842. The van der Waals surface area contributed by atoms with Crippen molar-refractivity contribution in [1.29, 1.82) is 0 Å². The predicted octanol–water partition coefficient (Wildman–Crippen LogP) is 3.11. The van der Waals surface area contributed by atoms with Crippen molar-refractivity contribution in [2.24, 2.45) is 5.92 Å². The minimum absolute atomic E-state index is 0.0467. The lowest BCUT2D eigenvalue weighted by molar-refractivity contribution is -0.385. The molecule has 1 N–H and O–H groups in total. The SMILES string of the molecule is CC(C)CCCOc1cccc([N+](=O)[O-])c1C(=O)O. The molecule has 0 aliphatic rings. The summed E-state index contributed by atoms with van der Waals surface area (Å²) < 4.78 is 5.35. The summed E-state index contributed by atoms with van der Waals surface area (Å²) in [5.74, 6) is -0.774. The zero-order chi connectivity index (χ0) is 14.4. The van der Waals surface area contributed by atoms with E-state index in [1.54, 1.807) is 0 Å². The topological polar surface area (TPSA) is 89.7 Å². The fraction of sp³-hybridized carbons (Fsp3) is 0.462. The lowest BCUT2D eigenvalue weighted by Gasteiger charge is -2.10. The Morgan fingerprint density at radius 1 is 1.47 bits per heavy atom. The molecule has 0 aliphatic heterocycles. The first-order chi connectivity index (χ1) is 8.93. The molecule has 1 aromatic rings. The van der Waals surface area contributed by atoms with Gasteiger partial charge in [0.2, 0.25) is 0 Å². The number of nitro groups is 1. The van der Waals surface area contributed by atoms with E-state index in [0.29, 0.717) is 12.5 Å². The number of nitrogens with zero attached hydrogens (tertiary/aromatic N) is 1. The van der Waals surface area contributed by atoms with Gasteiger partial charge in [-0.2, -0.15) is 0 Å².